The smallest absolute Gasteiger partial charge is 0.124 e. The summed E-state index contributed by atoms with van der Waals surface area (Å²) >= 11 is 0. The van der Waals surface area contributed by atoms with E-state index in [0.717, 1.165) is 17.9 Å². The quantitative estimate of drug-likeness (QED) is 0.697. The van der Waals surface area contributed by atoms with Crippen LogP contribution in [0, 0.1) is 0 Å². The third-order valence-electron chi connectivity index (χ3n) is 3.06. The van der Waals surface area contributed by atoms with Gasteiger partial charge in [-0.1, -0.05) is 25.1 Å². The highest BCUT2D eigenvalue weighted by Crippen LogP contribution is 2.28. The van der Waals surface area contributed by atoms with Crippen LogP contribution >= 0.6 is 0 Å². The number of para-hydroxylation sites is 1. The van der Waals surface area contributed by atoms with Gasteiger partial charge in [-0.15, -0.1) is 0 Å². The zero-order valence-corrected chi connectivity index (χ0v) is 12.3. The van der Waals surface area contributed by atoms with E-state index in [-0.39, 0.29) is 12.1 Å². The Morgan fingerprint density at radius 2 is 1.89 bits per heavy atom. The van der Waals surface area contributed by atoms with Crippen LogP contribution < -0.4 is 10.1 Å². The summed E-state index contributed by atoms with van der Waals surface area (Å²) in [6.45, 7) is 6.15. The van der Waals surface area contributed by atoms with E-state index >= 15 is 0 Å². The van der Waals surface area contributed by atoms with Gasteiger partial charge in [0.1, 0.15) is 12.4 Å². The van der Waals surface area contributed by atoms with Gasteiger partial charge in [0.05, 0.1) is 18.8 Å². The highest BCUT2D eigenvalue weighted by Gasteiger charge is 2.21. The first-order valence-electron chi connectivity index (χ1n) is 6.71. The highest BCUT2D eigenvalue weighted by molar-refractivity contribution is 5.36. The molecular formula is C15H25NO3. The lowest BCUT2D eigenvalue weighted by atomic mass is 10.0. The van der Waals surface area contributed by atoms with E-state index in [1.807, 2.05) is 18.2 Å². The summed E-state index contributed by atoms with van der Waals surface area (Å²) in [6.07, 6.45) is 0.0760. The standard InChI is InChI=1S/C15H25NO3/c1-5-16-15(12(2)18-4)13-8-6-7-9-14(13)19-11-10-17-3/h6-9,12,15-16H,5,10-11H2,1-4H3. The van der Waals surface area contributed by atoms with Crippen molar-refractivity contribution in [3.05, 3.63) is 29.8 Å². The molecule has 0 saturated carbocycles. The van der Waals surface area contributed by atoms with Crippen molar-refractivity contribution in [1.29, 1.82) is 0 Å². The number of methoxy groups -OCH3 is 2. The summed E-state index contributed by atoms with van der Waals surface area (Å²) in [5, 5.41) is 3.44. The average molecular weight is 267 g/mol. The van der Waals surface area contributed by atoms with Gasteiger partial charge < -0.3 is 19.5 Å². The first-order chi connectivity index (χ1) is 9.24. The minimum Gasteiger partial charge on any atom is -0.491 e. The Morgan fingerprint density at radius 3 is 2.53 bits per heavy atom. The van der Waals surface area contributed by atoms with Crippen molar-refractivity contribution in [3.63, 3.8) is 0 Å². The van der Waals surface area contributed by atoms with Gasteiger partial charge in [0, 0.05) is 19.8 Å². The van der Waals surface area contributed by atoms with Crippen molar-refractivity contribution in [2.45, 2.75) is 26.0 Å². The number of rotatable bonds is 9. The second-order valence-corrected chi connectivity index (χ2v) is 4.36. The van der Waals surface area contributed by atoms with Crippen LogP contribution in [-0.2, 0) is 9.47 Å². The van der Waals surface area contributed by atoms with E-state index in [1.165, 1.54) is 0 Å². The Morgan fingerprint density at radius 1 is 1.16 bits per heavy atom. The zero-order chi connectivity index (χ0) is 14.1. The summed E-state index contributed by atoms with van der Waals surface area (Å²) in [5.41, 5.74) is 1.12. The largest absolute Gasteiger partial charge is 0.491 e. The summed E-state index contributed by atoms with van der Waals surface area (Å²) in [4.78, 5) is 0. The van der Waals surface area contributed by atoms with Crippen molar-refractivity contribution in [2.24, 2.45) is 0 Å². The van der Waals surface area contributed by atoms with Gasteiger partial charge in [-0.3, -0.25) is 0 Å². The molecule has 2 atom stereocenters. The number of benzene rings is 1. The number of ether oxygens (including phenoxy) is 3. The Kier molecular flexibility index (Phi) is 7.48. The molecule has 0 amide bonds. The predicted octanol–water partition coefficient (Wildman–Crippen LogP) is 2.40. The van der Waals surface area contributed by atoms with Crippen molar-refractivity contribution in [2.75, 3.05) is 34.0 Å². The van der Waals surface area contributed by atoms with Gasteiger partial charge in [0.15, 0.2) is 0 Å². The minimum atomic E-state index is 0.0760. The average Bonchev–Trinajstić information content (AvgIpc) is 2.45. The van der Waals surface area contributed by atoms with Crippen LogP contribution in [0.15, 0.2) is 24.3 Å². The fraction of sp³-hybridized carbons (Fsp3) is 0.600. The van der Waals surface area contributed by atoms with Crippen LogP contribution in [0.25, 0.3) is 0 Å². The van der Waals surface area contributed by atoms with E-state index in [9.17, 15) is 0 Å². The number of hydrogen-bond acceptors (Lipinski definition) is 4. The summed E-state index contributed by atoms with van der Waals surface area (Å²) in [7, 11) is 3.40. The van der Waals surface area contributed by atoms with Crippen molar-refractivity contribution in [1.82, 2.24) is 5.32 Å². The van der Waals surface area contributed by atoms with Crippen LogP contribution in [0.1, 0.15) is 25.5 Å². The Hall–Kier alpha value is -1.10. The molecule has 108 valence electrons. The summed E-state index contributed by atoms with van der Waals surface area (Å²) in [6, 6.07) is 8.17. The van der Waals surface area contributed by atoms with Crippen LogP contribution in [0.5, 0.6) is 5.75 Å². The van der Waals surface area contributed by atoms with E-state index in [2.05, 4.69) is 25.2 Å². The topological polar surface area (TPSA) is 39.7 Å². The van der Waals surface area contributed by atoms with E-state index in [1.54, 1.807) is 14.2 Å². The Labute approximate surface area is 116 Å². The minimum absolute atomic E-state index is 0.0760. The molecule has 4 heteroatoms. The second-order valence-electron chi connectivity index (χ2n) is 4.36. The lowest BCUT2D eigenvalue weighted by Gasteiger charge is -2.26. The fourth-order valence-electron chi connectivity index (χ4n) is 1.99. The maximum absolute atomic E-state index is 5.78. The SMILES string of the molecule is CCNC(c1ccccc1OCCOC)C(C)OC. The normalized spacial score (nSPS) is 14.1. The van der Waals surface area contributed by atoms with Gasteiger partial charge >= 0.3 is 0 Å². The summed E-state index contributed by atoms with van der Waals surface area (Å²) in [5.74, 6) is 0.884. The molecule has 0 radical (unpaired) electrons. The third-order valence-corrected chi connectivity index (χ3v) is 3.06. The van der Waals surface area contributed by atoms with E-state index in [4.69, 9.17) is 14.2 Å². The molecule has 1 aromatic rings. The molecule has 1 aromatic carbocycles. The molecule has 0 bridgehead atoms. The second kappa shape index (κ2) is 8.91. The molecule has 0 aromatic heterocycles. The van der Waals surface area contributed by atoms with Crippen LogP contribution in [0.3, 0.4) is 0 Å². The maximum atomic E-state index is 5.78. The number of nitrogens with one attached hydrogen (secondary N) is 1. The summed E-state index contributed by atoms with van der Waals surface area (Å²) < 4.78 is 16.3. The molecule has 0 heterocycles. The van der Waals surface area contributed by atoms with Gasteiger partial charge in [0.25, 0.3) is 0 Å². The first kappa shape index (κ1) is 16.0. The van der Waals surface area contributed by atoms with Gasteiger partial charge in [-0.2, -0.15) is 0 Å². The molecule has 19 heavy (non-hydrogen) atoms. The van der Waals surface area contributed by atoms with Crippen LogP contribution in [0.2, 0.25) is 0 Å². The van der Waals surface area contributed by atoms with E-state index in [0.29, 0.717) is 13.2 Å². The predicted molar refractivity (Wildman–Crippen MR) is 76.7 cm³/mol. The molecule has 0 fully saturated rings. The zero-order valence-electron chi connectivity index (χ0n) is 12.3. The van der Waals surface area contributed by atoms with E-state index < -0.39 is 0 Å². The fourth-order valence-corrected chi connectivity index (χ4v) is 1.99. The van der Waals surface area contributed by atoms with Crippen LogP contribution in [0.4, 0.5) is 0 Å². The highest BCUT2D eigenvalue weighted by atomic mass is 16.5. The molecule has 0 aliphatic rings. The molecule has 2 unspecified atom stereocenters. The molecule has 0 spiro atoms. The molecule has 1 rings (SSSR count). The molecule has 4 nitrogen and oxygen atoms in total. The van der Waals surface area contributed by atoms with Gasteiger partial charge in [0.2, 0.25) is 0 Å². The number of likely N-dealkylation sites (N-methyl/N-ethyl adjacent to an activating group) is 1. The lowest BCUT2D eigenvalue weighted by molar-refractivity contribution is 0.0816. The van der Waals surface area contributed by atoms with Crippen molar-refractivity contribution in [3.8, 4) is 5.75 Å². The third kappa shape index (κ3) is 4.82. The van der Waals surface area contributed by atoms with Crippen molar-refractivity contribution >= 4 is 0 Å². The molecule has 0 aliphatic carbocycles. The first-order valence-corrected chi connectivity index (χ1v) is 6.71. The monoisotopic (exact) mass is 267 g/mol. The number of hydrogen-bond donors (Lipinski definition) is 1. The van der Waals surface area contributed by atoms with Crippen LogP contribution in [-0.4, -0.2) is 40.1 Å². The Bertz CT molecular complexity index is 357. The molecule has 0 aliphatic heterocycles. The Balaban J connectivity index is 2.88. The molecule has 0 saturated heterocycles. The maximum Gasteiger partial charge on any atom is 0.124 e. The van der Waals surface area contributed by atoms with Crippen molar-refractivity contribution < 1.29 is 14.2 Å². The molecular weight excluding hydrogens is 242 g/mol. The lowest BCUT2D eigenvalue weighted by Crippen LogP contribution is -2.31. The van der Waals surface area contributed by atoms with Gasteiger partial charge in [-0.25, -0.2) is 0 Å². The molecule has 1 N–H and O–H groups in total. The van der Waals surface area contributed by atoms with Gasteiger partial charge in [-0.05, 0) is 19.5 Å².